The number of nitrogens with one attached hydrogen (secondary N) is 2. The molecule has 1 aromatic rings. The third-order valence-electron chi connectivity index (χ3n) is 2.07. The second-order valence-corrected chi connectivity index (χ2v) is 4.55. The number of thiol groups is 1. The fourth-order valence-corrected chi connectivity index (χ4v) is 1.50. The van der Waals surface area contributed by atoms with Crippen LogP contribution in [0.2, 0.25) is 0 Å². The van der Waals surface area contributed by atoms with Crippen molar-refractivity contribution in [2.45, 2.75) is 24.8 Å². The molecular weight excluding hydrogens is 255 g/mol. The van der Waals surface area contributed by atoms with Crippen LogP contribution in [0.25, 0.3) is 0 Å². The summed E-state index contributed by atoms with van der Waals surface area (Å²) in [5.74, 6) is -1.21. The number of rotatable bonds is 4. The van der Waals surface area contributed by atoms with E-state index in [9.17, 15) is 14.0 Å². The van der Waals surface area contributed by atoms with Crippen LogP contribution in [-0.4, -0.2) is 24.4 Å². The van der Waals surface area contributed by atoms with Gasteiger partial charge in [-0.05, 0) is 32.0 Å². The summed E-state index contributed by atoms with van der Waals surface area (Å²) in [5.41, 5.74) is 0.263. The molecule has 0 atom stereocenters. The summed E-state index contributed by atoms with van der Waals surface area (Å²) in [6.45, 7) is 3.54. The van der Waals surface area contributed by atoms with Gasteiger partial charge in [0.1, 0.15) is 5.82 Å². The summed E-state index contributed by atoms with van der Waals surface area (Å²) in [7, 11) is 0. The molecular formula is C12H15FN2O2S. The van der Waals surface area contributed by atoms with Crippen LogP contribution in [0.1, 0.15) is 24.2 Å². The zero-order valence-corrected chi connectivity index (χ0v) is 11.1. The first-order valence-electron chi connectivity index (χ1n) is 5.46. The minimum atomic E-state index is -0.493. The molecule has 0 fully saturated rings. The van der Waals surface area contributed by atoms with Crippen molar-refractivity contribution < 1.29 is 14.0 Å². The molecule has 0 saturated carbocycles. The highest BCUT2D eigenvalue weighted by Crippen LogP contribution is 2.13. The first-order chi connectivity index (χ1) is 8.40. The number of hydrogen-bond donors (Lipinski definition) is 3. The maximum absolute atomic E-state index is 12.9. The van der Waals surface area contributed by atoms with E-state index in [2.05, 4.69) is 23.3 Å². The van der Waals surface area contributed by atoms with E-state index in [1.165, 1.54) is 12.1 Å². The van der Waals surface area contributed by atoms with Gasteiger partial charge in [-0.15, -0.1) is 12.6 Å². The van der Waals surface area contributed by atoms with Crippen LogP contribution >= 0.6 is 12.6 Å². The highest BCUT2D eigenvalue weighted by atomic mass is 32.1. The molecule has 0 aromatic heterocycles. The number of carbonyl (C=O) groups excluding carboxylic acids is 2. The normalized spacial score (nSPS) is 10.3. The van der Waals surface area contributed by atoms with Gasteiger partial charge in [-0.1, -0.05) is 0 Å². The van der Waals surface area contributed by atoms with Gasteiger partial charge in [-0.25, -0.2) is 4.39 Å². The second kappa shape index (κ2) is 6.39. The van der Waals surface area contributed by atoms with Crippen LogP contribution in [0.3, 0.4) is 0 Å². The highest BCUT2D eigenvalue weighted by molar-refractivity contribution is 7.80. The van der Waals surface area contributed by atoms with Crippen LogP contribution in [0.4, 0.5) is 4.39 Å². The minimum Gasteiger partial charge on any atom is -0.352 e. The average Bonchev–Trinajstić information content (AvgIpc) is 2.28. The number of halogens is 1. The molecule has 2 amide bonds. The lowest BCUT2D eigenvalue weighted by Crippen LogP contribution is -2.39. The van der Waals surface area contributed by atoms with Gasteiger partial charge in [0, 0.05) is 16.5 Å². The van der Waals surface area contributed by atoms with Crippen molar-refractivity contribution in [3.05, 3.63) is 29.6 Å². The van der Waals surface area contributed by atoms with E-state index in [0.29, 0.717) is 0 Å². The number of amides is 2. The molecule has 0 radical (unpaired) electrons. The Labute approximate surface area is 110 Å². The van der Waals surface area contributed by atoms with Crippen LogP contribution in [0, 0.1) is 5.82 Å². The zero-order chi connectivity index (χ0) is 13.7. The molecule has 0 spiro atoms. The van der Waals surface area contributed by atoms with Crippen LogP contribution in [0.5, 0.6) is 0 Å². The first kappa shape index (κ1) is 14.5. The Balaban J connectivity index is 2.55. The predicted octanol–water partition coefficient (Wildman–Crippen LogP) is 1.37. The quantitative estimate of drug-likeness (QED) is 0.724. The highest BCUT2D eigenvalue weighted by Gasteiger charge is 2.10. The van der Waals surface area contributed by atoms with Gasteiger partial charge in [0.05, 0.1) is 6.54 Å². The maximum Gasteiger partial charge on any atom is 0.251 e. The number of hydrogen-bond acceptors (Lipinski definition) is 3. The third-order valence-corrected chi connectivity index (χ3v) is 2.41. The summed E-state index contributed by atoms with van der Waals surface area (Å²) in [4.78, 5) is 23.1. The van der Waals surface area contributed by atoms with Gasteiger partial charge in [0.15, 0.2) is 0 Å². The van der Waals surface area contributed by atoms with Gasteiger partial charge >= 0.3 is 0 Å². The molecule has 0 aliphatic carbocycles. The Bertz CT molecular complexity index is 463. The minimum absolute atomic E-state index is 0.0178. The van der Waals surface area contributed by atoms with Crippen molar-refractivity contribution in [2.24, 2.45) is 0 Å². The molecule has 4 nitrogen and oxygen atoms in total. The molecule has 18 heavy (non-hydrogen) atoms. The Kier molecular flexibility index (Phi) is 5.15. The average molecular weight is 270 g/mol. The fourth-order valence-electron chi connectivity index (χ4n) is 1.29. The molecule has 0 unspecified atom stereocenters. The van der Waals surface area contributed by atoms with Gasteiger partial charge < -0.3 is 10.6 Å². The largest absolute Gasteiger partial charge is 0.352 e. The Morgan fingerprint density at radius 1 is 1.39 bits per heavy atom. The molecule has 2 N–H and O–H groups in total. The monoisotopic (exact) mass is 270 g/mol. The summed E-state index contributed by atoms with van der Waals surface area (Å²) >= 11 is 3.88. The third kappa shape index (κ3) is 4.37. The number of carbonyl (C=O) groups is 2. The van der Waals surface area contributed by atoms with Crippen molar-refractivity contribution in [2.75, 3.05) is 6.54 Å². The van der Waals surface area contributed by atoms with Crippen LogP contribution in [-0.2, 0) is 4.79 Å². The predicted molar refractivity (Wildman–Crippen MR) is 69.3 cm³/mol. The zero-order valence-electron chi connectivity index (χ0n) is 10.2. The van der Waals surface area contributed by atoms with E-state index in [0.717, 1.165) is 6.07 Å². The van der Waals surface area contributed by atoms with Crippen molar-refractivity contribution >= 4 is 24.4 Å². The van der Waals surface area contributed by atoms with E-state index >= 15 is 0 Å². The molecule has 0 bridgehead atoms. The Hall–Kier alpha value is -1.56. The van der Waals surface area contributed by atoms with Crippen molar-refractivity contribution in [1.29, 1.82) is 0 Å². The number of benzene rings is 1. The molecule has 1 rings (SSSR count). The molecule has 0 aliphatic rings. The standard InChI is InChI=1S/C12H15FN2O2S/c1-7(2)15-11(16)6-14-12(17)8-3-4-9(13)10(18)5-8/h3-5,7,18H,6H2,1-2H3,(H,14,17)(H,15,16). The van der Waals surface area contributed by atoms with Crippen LogP contribution < -0.4 is 10.6 Å². The Morgan fingerprint density at radius 2 is 2.06 bits per heavy atom. The molecule has 0 aliphatic heterocycles. The first-order valence-corrected chi connectivity index (χ1v) is 5.91. The van der Waals surface area contributed by atoms with E-state index in [-0.39, 0.29) is 29.0 Å². The summed E-state index contributed by atoms with van der Waals surface area (Å²) < 4.78 is 12.9. The van der Waals surface area contributed by atoms with Crippen LogP contribution in [0.15, 0.2) is 23.1 Å². The SMILES string of the molecule is CC(C)NC(=O)CNC(=O)c1ccc(F)c(S)c1. The van der Waals surface area contributed by atoms with Crippen molar-refractivity contribution in [1.82, 2.24) is 10.6 Å². The van der Waals surface area contributed by atoms with Crippen molar-refractivity contribution in [3.63, 3.8) is 0 Å². The maximum atomic E-state index is 12.9. The van der Waals surface area contributed by atoms with E-state index in [1.54, 1.807) is 0 Å². The summed E-state index contributed by atoms with van der Waals surface area (Å²) in [6, 6.07) is 3.83. The van der Waals surface area contributed by atoms with Gasteiger partial charge in [0.25, 0.3) is 5.91 Å². The van der Waals surface area contributed by atoms with Gasteiger partial charge in [-0.3, -0.25) is 9.59 Å². The van der Waals surface area contributed by atoms with Gasteiger partial charge in [-0.2, -0.15) is 0 Å². The molecule has 0 heterocycles. The molecule has 1 aromatic carbocycles. The lowest BCUT2D eigenvalue weighted by atomic mass is 10.2. The summed E-state index contributed by atoms with van der Waals surface area (Å²) in [5, 5.41) is 5.08. The summed E-state index contributed by atoms with van der Waals surface area (Å²) in [6.07, 6.45) is 0. The van der Waals surface area contributed by atoms with E-state index in [1.807, 2.05) is 13.8 Å². The molecule has 0 saturated heterocycles. The van der Waals surface area contributed by atoms with Crippen molar-refractivity contribution in [3.8, 4) is 0 Å². The Morgan fingerprint density at radius 3 is 2.61 bits per heavy atom. The smallest absolute Gasteiger partial charge is 0.251 e. The lowest BCUT2D eigenvalue weighted by Gasteiger charge is -2.09. The second-order valence-electron chi connectivity index (χ2n) is 4.07. The topological polar surface area (TPSA) is 58.2 Å². The molecule has 6 heteroatoms. The van der Waals surface area contributed by atoms with E-state index in [4.69, 9.17) is 0 Å². The van der Waals surface area contributed by atoms with Gasteiger partial charge in [0.2, 0.25) is 5.91 Å². The molecule has 98 valence electrons. The lowest BCUT2D eigenvalue weighted by molar-refractivity contribution is -0.120. The van der Waals surface area contributed by atoms with E-state index < -0.39 is 11.7 Å². The fraction of sp³-hybridized carbons (Fsp3) is 0.333.